The predicted octanol–water partition coefficient (Wildman–Crippen LogP) is 4.36. The van der Waals surface area contributed by atoms with E-state index in [9.17, 15) is 0 Å². The summed E-state index contributed by atoms with van der Waals surface area (Å²) in [6.45, 7) is 9.99. The fraction of sp³-hybridized carbons (Fsp3) is 1.00. The highest BCUT2D eigenvalue weighted by Crippen LogP contribution is 2.44. The molecule has 96 valence electrons. The summed E-state index contributed by atoms with van der Waals surface area (Å²) in [5.41, 5.74) is 0.617. The second-order valence-electron chi connectivity index (χ2n) is 5.65. The van der Waals surface area contributed by atoms with Crippen LogP contribution in [0.4, 0.5) is 0 Å². The summed E-state index contributed by atoms with van der Waals surface area (Å²) in [6, 6.07) is 0. The Kier molecular flexibility index (Phi) is 6.20. The van der Waals surface area contributed by atoms with Crippen molar-refractivity contribution in [1.29, 1.82) is 0 Å². The average molecular weight is 244 g/mol. The largest absolute Gasteiger partial charge is 0.379 e. The third kappa shape index (κ3) is 4.29. The normalized spacial score (nSPS) is 20.6. The fourth-order valence-corrected chi connectivity index (χ4v) is 3.94. The Morgan fingerprint density at radius 2 is 1.75 bits per heavy atom. The van der Waals surface area contributed by atoms with E-state index in [1.165, 1.54) is 37.2 Å². The van der Waals surface area contributed by atoms with Gasteiger partial charge in [-0.25, -0.2) is 0 Å². The van der Waals surface area contributed by atoms with Crippen LogP contribution in [-0.2, 0) is 4.74 Å². The van der Waals surface area contributed by atoms with E-state index in [-0.39, 0.29) is 0 Å². The van der Waals surface area contributed by atoms with Gasteiger partial charge in [-0.2, -0.15) is 11.8 Å². The van der Waals surface area contributed by atoms with E-state index in [1.807, 2.05) is 0 Å². The van der Waals surface area contributed by atoms with E-state index in [0.717, 1.165) is 12.5 Å². The zero-order valence-electron chi connectivity index (χ0n) is 11.4. The topological polar surface area (TPSA) is 9.23 Å². The number of hydrogen-bond donors (Lipinski definition) is 0. The molecule has 1 nitrogen and oxygen atoms in total. The SMILES string of the molecule is CC(C)OCCCC1(C(C)C)CCSCC1. The van der Waals surface area contributed by atoms with Crippen LogP contribution in [0.15, 0.2) is 0 Å². The first-order valence-corrected chi connectivity index (χ1v) is 7.92. The molecule has 0 aromatic carbocycles. The molecule has 1 aliphatic rings. The van der Waals surface area contributed by atoms with Gasteiger partial charge in [0.2, 0.25) is 0 Å². The van der Waals surface area contributed by atoms with Crippen molar-refractivity contribution in [2.45, 2.75) is 59.5 Å². The molecule has 1 heterocycles. The second-order valence-corrected chi connectivity index (χ2v) is 6.88. The molecule has 0 atom stereocenters. The van der Waals surface area contributed by atoms with Gasteiger partial charge in [0.05, 0.1) is 6.10 Å². The predicted molar refractivity (Wildman–Crippen MR) is 74.2 cm³/mol. The number of thioether (sulfide) groups is 1. The van der Waals surface area contributed by atoms with E-state index < -0.39 is 0 Å². The van der Waals surface area contributed by atoms with Crippen molar-refractivity contribution in [3.63, 3.8) is 0 Å². The van der Waals surface area contributed by atoms with Gasteiger partial charge in [0.1, 0.15) is 0 Å². The third-order valence-corrected chi connectivity index (χ3v) is 4.97. The Labute approximate surface area is 106 Å². The van der Waals surface area contributed by atoms with Crippen molar-refractivity contribution in [2.24, 2.45) is 11.3 Å². The highest BCUT2D eigenvalue weighted by Gasteiger charge is 2.34. The van der Waals surface area contributed by atoms with Gasteiger partial charge in [-0.15, -0.1) is 0 Å². The summed E-state index contributed by atoms with van der Waals surface area (Å²) in [6.07, 6.45) is 5.81. The summed E-state index contributed by atoms with van der Waals surface area (Å²) in [7, 11) is 0. The zero-order valence-corrected chi connectivity index (χ0v) is 12.2. The molecule has 1 saturated heterocycles. The van der Waals surface area contributed by atoms with Gasteiger partial charge in [-0.3, -0.25) is 0 Å². The molecule has 0 radical (unpaired) electrons. The molecule has 0 unspecified atom stereocenters. The summed E-state index contributed by atoms with van der Waals surface area (Å²) >= 11 is 2.13. The molecular formula is C14H28OS. The Bertz CT molecular complexity index is 183. The maximum Gasteiger partial charge on any atom is 0.0518 e. The molecular weight excluding hydrogens is 216 g/mol. The number of hydrogen-bond acceptors (Lipinski definition) is 2. The van der Waals surface area contributed by atoms with Crippen LogP contribution >= 0.6 is 11.8 Å². The molecule has 0 bridgehead atoms. The molecule has 1 fully saturated rings. The standard InChI is InChI=1S/C14H28OS/c1-12(2)14(7-10-16-11-8-14)6-5-9-15-13(3)4/h12-13H,5-11H2,1-4H3. The van der Waals surface area contributed by atoms with Gasteiger partial charge in [0.25, 0.3) is 0 Å². The maximum atomic E-state index is 5.65. The van der Waals surface area contributed by atoms with E-state index in [4.69, 9.17) is 4.74 Å². The number of rotatable bonds is 6. The van der Waals surface area contributed by atoms with Gasteiger partial charge in [0.15, 0.2) is 0 Å². The molecule has 0 aromatic rings. The maximum absolute atomic E-state index is 5.65. The first-order chi connectivity index (χ1) is 7.57. The lowest BCUT2D eigenvalue weighted by molar-refractivity contribution is 0.0587. The Balaban J connectivity index is 2.33. The van der Waals surface area contributed by atoms with E-state index in [0.29, 0.717) is 11.5 Å². The van der Waals surface area contributed by atoms with Gasteiger partial charge in [-0.05, 0) is 62.4 Å². The lowest BCUT2D eigenvalue weighted by Gasteiger charge is -2.41. The minimum absolute atomic E-state index is 0.386. The van der Waals surface area contributed by atoms with E-state index in [1.54, 1.807) is 0 Å². The van der Waals surface area contributed by atoms with Crippen LogP contribution in [0.2, 0.25) is 0 Å². The molecule has 2 heteroatoms. The van der Waals surface area contributed by atoms with Crippen LogP contribution in [0.3, 0.4) is 0 Å². The third-order valence-electron chi connectivity index (χ3n) is 3.98. The first-order valence-electron chi connectivity index (χ1n) is 6.76. The van der Waals surface area contributed by atoms with Crippen molar-refractivity contribution in [3.05, 3.63) is 0 Å². The van der Waals surface area contributed by atoms with E-state index >= 15 is 0 Å². The lowest BCUT2D eigenvalue weighted by atomic mass is 9.69. The minimum atomic E-state index is 0.386. The molecule has 0 saturated carbocycles. The molecule has 0 aromatic heterocycles. The highest BCUT2D eigenvalue weighted by molar-refractivity contribution is 7.99. The molecule has 0 aliphatic carbocycles. The Morgan fingerprint density at radius 3 is 2.25 bits per heavy atom. The van der Waals surface area contributed by atoms with Crippen molar-refractivity contribution >= 4 is 11.8 Å². The summed E-state index contributed by atoms with van der Waals surface area (Å²) < 4.78 is 5.65. The van der Waals surface area contributed by atoms with Crippen molar-refractivity contribution < 1.29 is 4.74 Å². The van der Waals surface area contributed by atoms with Crippen LogP contribution in [-0.4, -0.2) is 24.2 Å². The van der Waals surface area contributed by atoms with Crippen molar-refractivity contribution in [2.75, 3.05) is 18.1 Å². The molecule has 0 N–H and O–H groups in total. The molecule has 1 rings (SSSR count). The summed E-state index contributed by atoms with van der Waals surface area (Å²) in [4.78, 5) is 0. The summed E-state index contributed by atoms with van der Waals surface area (Å²) in [5, 5.41) is 0. The first kappa shape index (κ1) is 14.4. The monoisotopic (exact) mass is 244 g/mol. The molecule has 0 amide bonds. The van der Waals surface area contributed by atoms with Gasteiger partial charge < -0.3 is 4.74 Å². The average Bonchev–Trinajstić information content (AvgIpc) is 2.25. The molecule has 16 heavy (non-hydrogen) atoms. The minimum Gasteiger partial charge on any atom is -0.379 e. The highest BCUT2D eigenvalue weighted by atomic mass is 32.2. The van der Waals surface area contributed by atoms with Crippen LogP contribution < -0.4 is 0 Å². The Hall–Kier alpha value is 0.310. The van der Waals surface area contributed by atoms with Crippen molar-refractivity contribution in [1.82, 2.24) is 0 Å². The van der Waals surface area contributed by atoms with E-state index in [2.05, 4.69) is 39.5 Å². The van der Waals surface area contributed by atoms with Gasteiger partial charge in [-0.1, -0.05) is 13.8 Å². The summed E-state index contributed by atoms with van der Waals surface area (Å²) in [5.74, 6) is 3.55. The second kappa shape index (κ2) is 6.90. The van der Waals surface area contributed by atoms with Crippen LogP contribution in [0, 0.1) is 11.3 Å². The smallest absolute Gasteiger partial charge is 0.0518 e. The van der Waals surface area contributed by atoms with Crippen LogP contribution in [0.1, 0.15) is 53.4 Å². The zero-order chi connectivity index (χ0) is 12.0. The molecule has 1 aliphatic heterocycles. The quantitative estimate of drug-likeness (QED) is 0.642. The Morgan fingerprint density at radius 1 is 1.12 bits per heavy atom. The van der Waals surface area contributed by atoms with Crippen LogP contribution in [0.5, 0.6) is 0 Å². The lowest BCUT2D eigenvalue weighted by Crippen LogP contribution is -2.32. The van der Waals surface area contributed by atoms with Crippen molar-refractivity contribution in [3.8, 4) is 0 Å². The van der Waals surface area contributed by atoms with Gasteiger partial charge >= 0.3 is 0 Å². The number of ether oxygens (including phenoxy) is 1. The molecule has 0 spiro atoms. The van der Waals surface area contributed by atoms with Crippen LogP contribution in [0.25, 0.3) is 0 Å². The fourth-order valence-electron chi connectivity index (χ4n) is 2.64. The van der Waals surface area contributed by atoms with Gasteiger partial charge in [0, 0.05) is 6.61 Å².